The first kappa shape index (κ1) is 17.1. The van der Waals surface area contributed by atoms with E-state index in [1.165, 1.54) is 0 Å². The second kappa shape index (κ2) is 8.38. The molecule has 0 saturated carbocycles. The molecule has 2 aliphatic heterocycles. The molecule has 2 saturated heterocycles. The molecule has 5 atom stereocenters. The quantitative estimate of drug-likeness (QED) is 0.644. The summed E-state index contributed by atoms with van der Waals surface area (Å²) in [4.78, 5) is 2.18. The zero-order chi connectivity index (χ0) is 15.2. The molecular weight excluding hydrogens is 278 g/mol. The van der Waals surface area contributed by atoms with Crippen LogP contribution in [0.25, 0.3) is 0 Å². The van der Waals surface area contributed by atoms with Crippen molar-refractivity contribution in [2.24, 2.45) is 0 Å². The van der Waals surface area contributed by atoms with Crippen molar-refractivity contribution in [3.8, 4) is 0 Å². The van der Waals surface area contributed by atoms with Crippen LogP contribution in [-0.2, 0) is 18.9 Å². The SMILES string of the molecule is CO[C@@H]1CN([C@@H]2CC(OCCCO)O[C@@H](C)[C@H]2O)CCO1. The molecule has 0 spiro atoms. The molecule has 124 valence electrons. The predicted molar refractivity (Wildman–Crippen MR) is 74.7 cm³/mol. The Morgan fingerprint density at radius 3 is 2.86 bits per heavy atom. The minimum atomic E-state index is -0.557. The van der Waals surface area contributed by atoms with E-state index >= 15 is 0 Å². The van der Waals surface area contributed by atoms with Gasteiger partial charge in [-0.2, -0.15) is 0 Å². The molecule has 2 rings (SSSR count). The van der Waals surface area contributed by atoms with Crippen LogP contribution < -0.4 is 0 Å². The fourth-order valence-corrected chi connectivity index (χ4v) is 2.86. The highest BCUT2D eigenvalue weighted by atomic mass is 16.7. The molecule has 0 bridgehead atoms. The van der Waals surface area contributed by atoms with Crippen molar-refractivity contribution in [3.05, 3.63) is 0 Å². The van der Waals surface area contributed by atoms with Gasteiger partial charge in [0.05, 0.1) is 25.4 Å². The van der Waals surface area contributed by atoms with Crippen molar-refractivity contribution in [2.75, 3.05) is 40.0 Å². The Morgan fingerprint density at radius 1 is 1.33 bits per heavy atom. The predicted octanol–water partition coefficient (Wildman–Crippen LogP) is -0.445. The Labute approximate surface area is 125 Å². The van der Waals surface area contributed by atoms with Crippen LogP contribution in [0, 0.1) is 0 Å². The zero-order valence-corrected chi connectivity index (χ0v) is 12.8. The van der Waals surface area contributed by atoms with E-state index in [1.807, 2.05) is 6.92 Å². The first-order valence-corrected chi connectivity index (χ1v) is 7.60. The zero-order valence-electron chi connectivity index (χ0n) is 12.8. The third kappa shape index (κ3) is 4.59. The number of methoxy groups -OCH3 is 1. The molecule has 0 aromatic carbocycles. The smallest absolute Gasteiger partial charge is 0.169 e. The minimum Gasteiger partial charge on any atom is -0.396 e. The van der Waals surface area contributed by atoms with Crippen molar-refractivity contribution in [1.29, 1.82) is 0 Å². The Balaban J connectivity index is 1.92. The molecule has 0 aromatic rings. The topological polar surface area (TPSA) is 80.6 Å². The van der Waals surface area contributed by atoms with E-state index in [1.54, 1.807) is 7.11 Å². The van der Waals surface area contributed by atoms with E-state index in [4.69, 9.17) is 24.1 Å². The standard InChI is InChI=1S/C14H27NO6/c1-10-14(17)11(8-12(21-10)19-6-3-5-16)15-4-7-20-13(9-15)18-2/h10-14,16-17H,3-9H2,1-2H3/t10-,11+,12?,13-,14+/m0/s1. The van der Waals surface area contributed by atoms with Gasteiger partial charge in [-0.1, -0.05) is 0 Å². The van der Waals surface area contributed by atoms with Crippen molar-refractivity contribution in [3.63, 3.8) is 0 Å². The summed E-state index contributed by atoms with van der Waals surface area (Å²) in [6.45, 7) is 4.40. The lowest BCUT2D eigenvalue weighted by Crippen LogP contribution is -2.59. The second-order valence-electron chi connectivity index (χ2n) is 5.54. The first-order chi connectivity index (χ1) is 10.2. The highest BCUT2D eigenvalue weighted by Gasteiger charge is 2.40. The molecule has 0 amide bonds. The van der Waals surface area contributed by atoms with Crippen LogP contribution in [0.1, 0.15) is 19.8 Å². The molecule has 7 heteroatoms. The van der Waals surface area contributed by atoms with E-state index in [2.05, 4.69) is 4.90 Å². The summed E-state index contributed by atoms with van der Waals surface area (Å²) in [5, 5.41) is 19.2. The summed E-state index contributed by atoms with van der Waals surface area (Å²) in [6.07, 6.45) is -0.246. The lowest BCUT2D eigenvalue weighted by Gasteiger charge is -2.45. The summed E-state index contributed by atoms with van der Waals surface area (Å²) >= 11 is 0. The number of morpholine rings is 1. The molecular formula is C14H27NO6. The third-order valence-electron chi connectivity index (χ3n) is 4.08. The van der Waals surface area contributed by atoms with Crippen LogP contribution >= 0.6 is 0 Å². The van der Waals surface area contributed by atoms with E-state index < -0.39 is 6.10 Å². The maximum Gasteiger partial charge on any atom is 0.169 e. The van der Waals surface area contributed by atoms with E-state index in [9.17, 15) is 5.11 Å². The highest BCUT2D eigenvalue weighted by Crippen LogP contribution is 2.26. The Kier molecular flexibility index (Phi) is 6.81. The Bertz CT molecular complexity index is 305. The van der Waals surface area contributed by atoms with Crippen LogP contribution in [0.15, 0.2) is 0 Å². The summed E-state index contributed by atoms with van der Waals surface area (Å²) in [5.74, 6) is 0. The number of aliphatic hydroxyl groups is 2. The van der Waals surface area contributed by atoms with Gasteiger partial charge >= 0.3 is 0 Å². The molecule has 2 N–H and O–H groups in total. The lowest BCUT2D eigenvalue weighted by molar-refractivity contribution is -0.249. The fraction of sp³-hybridized carbons (Fsp3) is 1.00. The molecule has 0 aliphatic carbocycles. The average Bonchev–Trinajstić information content (AvgIpc) is 2.51. The summed E-state index contributed by atoms with van der Waals surface area (Å²) in [7, 11) is 1.62. The second-order valence-corrected chi connectivity index (χ2v) is 5.54. The van der Waals surface area contributed by atoms with Gasteiger partial charge in [0.1, 0.15) is 0 Å². The number of hydrogen-bond acceptors (Lipinski definition) is 7. The van der Waals surface area contributed by atoms with Crippen LogP contribution in [0.3, 0.4) is 0 Å². The highest BCUT2D eigenvalue weighted by molar-refractivity contribution is 4.89. The Morgan fingerprint density at radius 2 is 2.14 bits per heavy atom. The summed E-state index contributed by atoms with van der Waals surface area (Å²) in [5.41, 5.74) is 0. The van der Waals surface area contributed by atoms with E-state index in [0.29, 0.717) is 32.6 Å². The van der Waals surface area contributed by atoms with Gasteiger partial charge < -0.3 is 29.2 Å². The molecule has 2 heterocycles. The normalized spacial score (nSPS) is 38.6. The molecule has 2 aliphatic rings. The fourth-order valence-electron chi connectivity index (χ4n) is 2.86. The van der Waals surface area contributed by atoms with E-state index in [0.717, 1.165) is 6.54 Å². The van der Waals surface area contributed by atoms with Gasteiger partial charge in [-0.25, -0.2) is 0 Å². The molecule has 0 aromatic heterocycles. The van der Waals surface area contributed by atoms with Gasteiger partial charge in [-0.15, -0.1) is 0 Å². The number of aliphatic hydroxyl groups excluding tert-OH is 2. The third-order valence-corrected chi connectivity index (χ3v) is 4.08. The molecule has 21 heavy (non-hydrogen) atoms. The van der Waals surface area contributed by atoms with Crippen LogP contribution in [0.4, 0.5) is 0 Å². The monoisotopic (exact) mass is 305 g/mol. The van der Waals surface area contributed by atoms with Gasteiger partial charge in [0.2, 0.25) is 0 Å². The largest absolute Gasteiger partial charge is 0.396 e. The number of rotatable bonds is 6. The van der Waals surface area contributed by atoms with Crippen LogP contribution in [0.2, 0.25) is 0 Å². The number of nitrogens with zero attached hydrogens (tertiary/aromatic N) is 1. The van der Waals surface area contributed by atoms with Gasteiger partial charge in [0.25, 0.3) is 0 Å². The maximum atomic E-state index is 10.4. The summed E-state index contributed by atoms with van der Waals surface area (Å²) in [6, 6.07) is -0.0329. The maximum absolute atomic E-state index is 10.4. The molecule has 2 fully saturated rings. The van der Waals surface area contributed by atoms with Gasteiger partial charge in [0, 0.05) is 39.3 Å². The van der Waals surface area contributed by atoms with Crippen molar-refractivity contribution >= 4 is 0 Å². The van der Waals surface area contributed by atoms with Gasteiger partial charge in [-0.3, -0.25) is 4.90 Å². The van der Waals surface area contributed by atoms with Crippen molar-refractivity contribution in [1.82, 2.24) is 4.90 Å². The molecule has 1 unspecified atom stereocenters. The van der Waals surface area contributed by atoms with E-state index in [-0.39, 0.29) is 31.3 Å². The number of ether oxygens (including phenoxy) is 4. The molecule has 7 nitrogen and oxygen atoms in total. The summed E-state index contributed by atoms with van der Waals surface area (Å²) < 4.78 is 22.0. The minimum absolute atomic E-state index is 0.0329. The Hall–Kier alpha value is -0.280. The average molecular weight is 305 g/mol. The molecule has 0 radical (unpaired) electrons. The first-order valence-electron chi connectivity index (χ1n) is 7.60. The van der Waals surface area contributed by atoms with Crippen LogP contribution in [0.5, 0.6) is 0 Å². The van der Waals surface area contributed by atoms with Gasteiger partial charge in [-0.05, 0) is 13.3 Å². The van der Waals surface area contributed by atoms with Gasteiger partial charge in [0.15, 0.2) is 12.6 Å². The lowest BCUT2D eigenvalue weighted by atomic mass is 9.97. The van der Waals surface area contributed by atoms with Crippen molar-refractivity contribution in [2.45, 2.75) is 50.6 Å². The van der Waals surface area contributed by atoms with Crippen LogP contribution in [-0.4, -0.2) is 86.0 Å². The number of hydrogen-bond donors (Lipinski definition) is 2. The van der Waals surface area contributed by atoms with Crippen molar-refractivity contribution < 1.29 is 29.2 Å².